The minimum atomic E-state index is 0.733. The number of unbranched alkanes of at least 4 members (excludes halogenated alkanes) is 1. The van der Waals surface area contributed by atoms with Crippen LogP contribution in [0.15, 0.2) is 24.3 Å². The second kappa shape index (κ2) is 7.14. The third kappa shape index (κ3) is 4.78. The van der Waals surface area contributed by atoms with Gasteiger partial charge in [-0.15, -0.1) is 11.8 Å². The van der Waals surface area contributed by atoms with Gasteiger partial charge in [0.25, 0.3) is 0 Å². The van der Waals surface area contributed by atoms with Crippen LogP contribution in [0.3, 0.4) is 0 Å². The summed E-state index contributed by atoms with van der Waals surface area (Å²) in [6, 6.07) is 7.58. The molecule has 0 atom stereocenters. The first kappa shape index (κ1) is 13.1. The monoisotopic (exact) mass is 271 g/mol. The molecule has 1 aliphatic rings. The number of ether oxygens (including phenoxy) is 1. The largest absolute Gasteiger partial charge is 0.494 e. The zero-order chi connectivity index (χ0) is 11.9. The van der Waals surface area contributed by atoms with Gasteiger partial charge in [0.05, 0.1) is 6.61 Å². The highest BCUT2D eigenvalue weighted by molar-refractivity contribution is 7.99. The van der Waals surface area contributed by atoms with Gasteiger partial charge in [0.15, 0.2) is 0 Å². The smallest absolute Gasteiger partial charge is 0.120 e. The molecule has 0 amide bonds. The van der Waals surface area contributed by atoms with E-state index in [-0.39, 0.29) is 0 Å². The molecule has 1 aliphatic heterocycles. The van der Waals surface area contributed by atoms with Gasteiger partial charge in [0, 0.05) is 23.2 Å². The summed E-state index contributed by atoms with van der Waals surface area (Å²) in [4.78, 5) is 2.50. The summed E-state index contributed by atoms with van der Waals surface area (Å²) in [5.74, 6) is 3.36. The van der Waals surface area contributed by atoms with Crippen LogP contribution in [0, 0.1) is 0 Å². The maximum atomic E-state index is 5.88. The van der Waals surface area contributed by atoms with Crippen LogP contribution in [0.1, 0.15) is 12.8 Å². The van der Waals surface area contributed by atoms with E-state index in [1.807, 2.05) is 36.0 Å². The fraction of sp³-hybridized carbons (Fsp3) is 0.538. The van der Waals surface area contributed by atoms with Gasteiger partial charge in [-0.1, -0.05) is 17.7 Å². The molecule has 0 N–H and O–H groups in total. The lowest BCUT2D eigenvalue weighted by Gasteiger charge is -2.13. The molecule has 2 nitrogen and oxygen atoms in total. The highest BCUT2D eigenvalue weighted by atomic mass is 35.5. The summed E-state index contributed by atoms with van der Waals surface area (Å²) < 4.78 is 5.64. The first-order valence-electron chi connectivity index (χ1n) is 6.03. The molecule has 1 aromatic rings. The molecule has 1 aromatic carbocycles. The van der Waals surface area contributed by atoms with E-state index in [1.54, 1.807) is 0 Å². The van der Waals surface area contributed by atoms with Crippen LogP contribution in [0.25, 0.3) is 0 Å². The van der Waals surface area contributed by atoms with Gasteiger partial charge in [-0.25, -0.2) is 0 Å². The van der Waals surface area contributed by atoms with Gasteiger partial charge in [-0.05, 0) is 37.6 Å². The third-order valence-corrected chi connectivity index (χ3v) is 4.01. The summed E-state index contributed by atoms with van der Waals surface area (Å²) in [6.07, 6.45) is 2.31. The van der Waals surface area contributed by atoms with Crippen LogP contribution in [0.4, 0.5) is 0 Å². The Morgan fingerprint density at radius 3 is 3.06 bits per heavy atom. The summed E-state index contributed by atoms with van der Waals surface area (Å²) in [6.45, 7) is 3.23. The van der Waals surface area contributed by atoms with E-state index in [2.05, 4.69) is 4.90 Å². The maximum absolute atomic E-state index is 5.88. The Balaban J connectivity index is 1.56. The first-order chi connectivity index (χ1) is 8.34. The molecule has 1 heterocycles. The Bertz CT molecular complexity index is 342. The highest BCUT2D eigenvalue weighted by Crippen LogP contribution is 2.17. The minimum Gasteiger partial charge on any atom is -0.494 e. The summed E-state index contributed by atoms with van der Waals surface area (Å²) in [5, 5.41) is 0.733. The van der Waals surface area contributed by atoms with Gasteiger partial charge >= 0.3 is 0 Å². The lowest BCUT2D eigenvalue weighted by molar-refractivity contribution is 0.284. The number of benzene rings is 1. The number of hydrogen-bond acceptors (Lipinski definition) is 3. The average molecular weight is 272 g/mol. The van der Waals surface area contributed by atoms with E-state index < -0.39 is 0 Å². The number of halogens is 1. The Morgan fingerprint density at radius 1 is 1.35 bits per heavy atom. The predicted octanol–water partition coefficient (Wildman–Crippen LogP) is 3.51. The molecule has 17 heavy (non-hydrogen) atoms. The molecule has 94 valence electrons. The van der Waals surface area contributed by atoms with E-state index in [1.165, 1.54) is 31.1 Å². The number of thioether (sulfide) groups is 1. The normalized spacial score (nSPS) is 16.3. The number of nitrogens with zero attached hydrogens (tertiary/aromatic N) is 1. The van der Waals surface area contributed by atoms with Gasteiger partial charge in [0.1, 0.15) is 5.75 Å². The molecular weight excluding hydrogens is 254 g/mol. The van der Waals surface area contributed by atoms with Crippen molar-refractivity contribution < 1.29 is 4.74 Å². The molecule has 0 saturated carbocycles. The van der Waals surface area contributed by atoms with E-state index in [9.17, 15) is 0 Å². The summed E-state index contributed by atoms with van der Waals surface area (Å²) in [7, 11) is 0. The standard InChI is InChI=1S/C13H18ClNOS/c14-12-4-3-5-13(10-12)16-8-2-1-6-15-7-9-17-11-15/h3-5,10H,1-2,6-9,11H2. The molecule has 0 radical (unpaired) electrons. The predicted molar refractivity (Wildman–Crippen MR) is 75.1 cm³/mol. The van der Waals surface area contributed by atoms with Crippen molar-refractivity contribution in [2.24, 2.45) is 0 Å². The van der Waals surface area contributed by atoms with Crippen molar-refractivity contribution in [2.75, 3.05) is 31.3 Å². The second-order valence-electron chi connectivity index (χ2n) is 4.17. The molecule has 1 fully saturated rings. The second-order valence-corrected chi connectivity index (χ2v) is 5.68. The zero-order valence-corrected chi connectivity index (χ0v) is 11.5. The molecule has 0 unspecified atom stereocenters. The average Bonchev–Trinajstić information content (AvgIpc) is 2.82. The Labute approximate surface area is 112 Å². The number of rotatable bonds is 6. The molecule has 1 saturated heterocycles. The Kier molecular flexibility index (Phi) is 5.49. The molecule has 0 bridgehead atoms. The molecule has 0 aromatic heterocycles. The summed E-state index contributed by atoms with van der Waals surface area (Å²) >= 11 is 7.91. The molecular formula is C13H18ClNOS. The van der Waals surface area contributed by atoms with Crippen molar-refractivity contribution in [2.45, 2.75) is 12.8 Å². The van der Waals surface area contributed by atoms with Crippen LogP contribution < -0.4 is 4.74 Å². The van der Waals surface area contributed by atoms with Crippen molar-refractivity contribution in [3.05, 3.63) is 29.3 Å². The van der Waals surface area contributed by atoms with Crippen molar-refractivity contribution in [3.8, 4) is 5.75 Å². The maximum Gasteiger partial charge on any atom is 0.120 e. The van der Waals surface area contributed by atoms with E-state index in [4.69, 9.17) is 16.3 Å². The zero-order valence-electron chi connectivity index (χ0n) is 9.90. The quantitative estimate of drug-likeness (QED) is 0.735. The fourth-order valence-electron chi connectivity index (χ4n) is 1.81. The lowest BCUT2D eigenvalue weighted by Crippen LogP contribution is -2.21. The molecule has 4 heteroatoms. The molecule has 0 spiro atoms. The van der Waals surface area contributed by atoms with Crippen molar-refractivity contribution >= 4 is 23.4 Å². The van der Waals surface area contributed by atoms with Crippen LogP contribution in [-0.4, -0.2) is 36.2 Å². The Morgan fingerprint density at radius 2 is 2.29 bits per heavy atom. The lowest BCUT2D eigenvalue weighted by atomic mass is 10.3. The van der Waals surface area contributed by atoms with Crippen molar-refractivity contribution in [3.63, 3.8) is 0 Å². The highest BCUT2D eigenvalue weighted by Gasteiger charge is 2.10. The van der Waals surface area contributed by atoms with Crippen LogP contribution in [0.5, 0.6) is 5.75 Å². The number of hydrogen-bond donors (Lipinski definition) is 0. The van der Waals surface area contributed by atoms with E-state index in [0.29, 0.717) is 0 Å². The topological polar surface area (TPSA) is 12.5 Å². The SMILES string of the molecule is Clc1cccc(OCCCCN2CCSC2)c1. The van der Waals surface area contributed by atoms with Gasteiger partial charge in [0.2, 0.25) is 0 Å². The van der Waals surface area contributed by atoms with Gasteiger partial charge in [-0.3, -0.25) is 4.90 Å². The first-order valence-corrected chi connectivity index (χ1v) is 7.56. The molecule has 2 rings (SSSR count). The van der Waals surface area contributed by atoms with Crippen molar-refractivity contribution in [1.82, 2.24) is 4.90 Å². The van der Waals surface area contributed by atoms with E-state index in [0.717, 1.165) is 23.8 Å². The summed E-state index contributed by atoms with van der Waals surface area (Å²) in [5.41, 5.74) is 0. The van der Waals surface area contributed by atoms with Gasteiger partial charge < -0.3 is 4.74 Å². The van der Waals surface area contributed by atoms with Crippen LogP contribution >= 0.6 is 23.4 Å². The van der Waals surface area contributed by atoms with E-state index >= 15 is 0 Å². The van der Waals surface area contributed by atoms with Crippen LogP contribution in [-0.2, 0) is 0 Å². The minimum absolute atomic E-state index is 0.733. The third-order valence-electron chi connectivity index (χ3n) is 2.76. The Hall–Kier alpha value is -0.380. The van der Waals surface area contributed by atoms with Crippen LogP contribution in [0.2, 0.25) is 5.02 Å². The van der Waals surface area contributed by atoms with Gasteiger partial charge in [-0.2, -0.15) is 0 Å². The van der Waals surface area contributed by atoms with Crippen molar-refractivity contribution in [1.29, 1.82) is 0 Å². The molecule has 0 aliphatic carbocycles. The fourth-order valence-corrected chi connectivity index (χ4v) is 3.03.